The lowest BCUT2D eigenvalue weighted by atomic mass is 10.0. The summed E-state index contributed by atoms with van der Waals surface area (Å²) >= 11 is 0. The van der Waals surface area contributed by atoms with Crippen molar-refractivity contribution >= 4 is 27.5 Å². The van der Waals surface area contributed by atoms with Gasteiger partial charge in [-0.15, -0.1) is 0 Å². The topological polar surface area (TPSA) is 96.0 Å². The van der Waals surface area contributed by atoms with Gasteiger partial charge in [0.25, 0.3) is 10.0 Å². The molecule has 0 aliphatic rings. The van der Waals surface area contributed by atoms with Crippen LogP contribution in [0.1, 0.15) is 30.5 Å². The molecule has 0 aromatic heterocycles. The third-order valence-corrected chi connectivity index (χ3v) is 9.00. The Balaban J connectivity index is 1.80. The van der Waals surface area contributed by atoms with Gasteiger partial charge in [0.2, 0.25) is 11.8 Å². The van der Waals surface area contributed by atoms with E-state index in [4.69, 9.17) is 4.74 Å². The predicted octanol–water partition coefficient (Wildman–Crippen LogP) is 5.50. The molecule has 1 N–H and O–H groups in total. The molecule has 0 saturated carbocycles. The maximum atomic E-state index is 14.4. The van der Waals surface area contributed by atoms with Gasteiger partial charge in [0, 0.05) is 19.0 Å². The van der Waals surface area contributed by atoms with E-state index in [1.807, 2.05) is 51.1 Å². The molecule has 1 atom stereocenters. The number of amides is 2. The van der Waals surface area contributed by atoms with Crippen molar-refractivity contribution in [2.75, 3.05) is 18.0 Å². The molecule has 8 nitrogen and oxygen atoms in total. The lowest BCUT2D eigenvalue weighted by molar-refractivity contribution is -0.140. The standard InChI is InChI=1S/C35H38FN3O5S/c1-25(2)37-35(41)33(22-27-8-6-5-7-9-27)38(23-28-12-14-29(36)15-13-28)34(40)24-39(30-16-18-31(44-4)19-17-30)45(42,43)32-20-10-26(3)11-21-32/h5-21,25,33H,22-24H2,1-4H3,(H,37,41)/t33-/m1/s1. The fourth-order valence-corrected chi connectivity index (χ4v) is 6.25. The van der Waals surface area contributed by atoms with E-state index in [0.717, 1.165) is 15.4 Å². The number of hydrogen-bond acceptors (Lipinski definition) is 5. The second-order valence-electron chi connectivity index (χ2n) is 11.0. The monoisotopic (exact) mass is 631 g/mol. The molecule has 0 heterocycles. The van der Waals surface area contributed by atoms with E-state index in [2.05, 4.69) is 5.32 Å². The van der Waals surface area contributed by atoms with E-state index in [1.54, 1.807) is 48.5 Å². The van der Waals surface area contributed by atoms with Crippen molar-refractivity contribution < 1.29 is 27.1 Å². The maximum Gasteiger partial charge on any atom is 0.264 e. The number of nitrogens with zero attached hydrogens (tertiary/aromatic N) is 2. The number of sulfonamides is 1. The predicted molar refractivity (Wildman–Crippen MR) is 173 cm³/mol. The zero-order valence-electron chi connectivity index (χ0n) is 25.8. The van der Waals surface area contributed by atoms with Gasteiger partial charge in [0.15, 0.2) is 0 Å². The largest absolute Gasteiger partial charge is 0.497 e. The van der Waals surface area contributed by atoms with Gasteiger partial charge in [0.05, 0.1) is 17.7 Å². The molecule has 0 aliphatic heterocycles. The van der Waals surface area contributed by atoms with E-state index in [0.29, 0.717) is 11.3 Å². The summed E-state index contributed by atoms with van der Waals surface area (Å²) in [7, 11) is -2.72. The first kappa shape index (κ1) is 33.2. The quantitative estimate of drug-likeness (QED) is 0.210. The van der Waals surface area contributed by atoms with Crippen molar-refractivity contribution in [1.82, 2.24) is 10.2 Å². The number of ether oxygens (including phenoxy) is 1. The number of hydrogen-bond donors (Lipinski definition) is 1. The minimum absolute atomic E-state index is 0.0141. The second kappa shape index (κ2) is 14.9. The molecule has 0 radical (unpaired) electrons. The SMILES string of the molecule is COc1ccc(N(CC(=O)N(Cc2ccc(F)cc2)[C@H](Cc2ccccc2)C(=O)NC(C)C)S(=O)(=O)c2ccc(C)cc2)cc1. The summed E-state index contributed by atoms with van der Waals surface area (Å²) in [6, 6.07) is 26.4. The smallest absolute Gasteiger partial charge is 0.264 e. The minimum atomic E-state index is -4.23. The minimum Gasteiger partial charge on any atom is -0.497 e. The maximum absolute atomic E-state index is 14.4. The third kappa shape index (κ3) is 8.69. The second-order valence-corrected chi connectivity index (χ2v) is 12.9. The average molecular weight is 632 g/mol. The molecule has 4 aromatic carbocycles. The van der Waals surface area contributed by atoms with Gasteiger partial charge in [-0.2, -0.15) is 0 Å². The number of anilines is 1. The normalized spacial score (nSPS) is 12.0. The highest BCUT2D eigenvalue weighted by Gasteiger charge is 2.34. The van der Waals surface area contributed by atoms with Gasteiger partial charge in [-0.25, -0.2) is 12.8 Å². The number of carbonyl (C=O) groups excluding carboxylic acids is 2. The van der Waals surface area contributed by atoms with Crippen LogP contribution in [0.25, 0.3) is 0 Å². The lowest BCUT2D eigenvalue weighted by Gasteiger charge is -2.34. The fraction of sp³-hybridized carbons (Fsp3) is 0.257. The van der Waals surface area contributed by atoms with Gasteiger partial charge in [0.1, 0.15) is 24.2 Å². The van der Waals surface area contributed by atoms with Crippen LogP contribution >= 0.6 is 0 Å². The molecular weight excluding hydrogens is 593 g/mol. The highest BCUT2D eigenvalue weighted by molar-refractivity contribution is 7.92. The molecule has 4 rings (SSSR count). The molecule has 236 valence electrons. The molecule has 0 unspecified atom stereocenters. The zero-order valence-corrected chi connectivity index (χ0v) is 26.6. The lowest BCUT2D eigenvalue weighted by Crippen LogP contribution is -2.54. The Kier molecular flexibility index (Phi) is 11.0. The number of halogens is 1. The van der Waals surface area contributed by atoms with Gasteiger partial charge < -0.3 is 15.0 Å². The third-order valence-electron chi connectivity index (χ3n) is 7.22. The number of methoxy groups -OCH3 is 1. The first-order valence-electron chi connectivity index (χ1n) is 14.6. The van der Waals surface area contributed by atoms with Crippen molar-refractivity contribution in [1.29, 1.82) is 0 Å². The molecular formula is C35H38FN3O5S. The van der Waals surface area contributed by atoms with Crippen molar-refractivity contribution in [2.24, 2.45) is 0 Å². The molecule has 45 heavy (non-hydrogen) atoms. The van der Waals surface area contributed by atoms with Crippen molar-refractivity contribution in [3.8, 4) is 5.75 Å². The van der Waals surface area contributed by atoms with Crippen molar-refractivity contribution in [2.45, 2.75) is 50.7 Å². The van der Waals surface area contributed by atoms with Crippen LogP contribution in [0.5, 0.6) is 5.75 Å². The van der Waals surface area contributed by atoms with Crippen LogP contribution in [0, 0.1) is 12.7 Å². The average Bonchev–Trinajstić information content (AvgIpc) is 3.02. The molecule has 0 saturated heterocycles. The van der Waals surface area contributed by atoms with Gasteiger partial charge in [-0.1, -0.05) is 60.2 Å². The summed E-state index contributed by atoms with van der Waals surface area (Å²) in [6.45, 7) is 4.85. The van der Waals surface area contributed by atoms with Gasteiger partial charge in [-0.3, -0.25) is 13.9 Å². The molecule has 0 bridgehead atoms. The summed E-state index contributed by atoms with van der Waals surface area (Å²) in [4.78, 5) is 29.5. The Morgan fingerprint density at radius 3 is 2.04 bits per heavy atom. The first-order valence-corrected chi connectivity index (χ1v) is 16.0. The number of benzene rings is 4. The van der Waals surface area contributed by atoms with E-state index >= 15 is 0 Å². The molecule has 0 fully saturated rings. The highest BCUT2D eigenvalue weighted by Crippen LogP contribution is 2.27. The Morgan fingerprint density at radius 2 is 1.47 bits per heavy atom. The van der Waals surface area contributed by atoms with Crippen molar-refractivity contribution in [3.05, 3.63) is 126 Å². The Hall–Kier alpha value is -4.70. The summed E-state index contributed by atoms with van der Waals surface area (Å²) in [5, 5.41) is 2.91. The van der Waals surface area contributed by atoms with E-state index < -0.39 is 34.3 Å². The van der Waals surface area contributed by atoms with Crippen LogP contribution in [0.15, 0.2) is 108 Å². The molecule has 10 heteroatoms. The van der Waals surface area contributed by atoms with Crippen LogP contribution in [0.3, 0.4) is 0 Å². The van der Waals surface area contributed by atoms with Crippen LogP contribution in [0.2, 0.25) is 0 Å². The van der Waals surface area contributed by atoms with E-state index in [-0.39, 0.29) is 35.5 Å². The van der Waals surface area contributed by atoms with E-state index in [9.17, 15) is 22.4 Å². The Labute approximate surface area is 264 Å². The molecule has 0 spiro atoms. The Morgan fingerprint density at radius 1 is 0.844 bits per heavy atom. The van der Waals surface area contributed by atoms with Crippen molar-refractivity contribution in [3.63, 3.8) is 0 Å². The van der Waals surface area contributed by atoms with Gasteiger partial charge >= 0.3 is 0 Å². The van der Waals surface area contributed by atoms with Crippen LogP contribution in [-0.4, -0.2) is 50.9 Å². The molecule has 2 amide bonds. The molecule has 4 aromatic rings. The van der Waals surface area contributed by atoms with Crippen LogP contribution in [0.4, 0.5) is 10.1 Å². The number of nitrogens with one attached hydrogen (secondary N) is 1. The zero-order chi connectivity index (χ0) is 32.6. The fourth-order valence-electron chi connectivity index (χ4n) is 4.84. The van der Waals surface area contributed by atoms with Crippen LogP contribution < -0.4 is 14.4 Å². The first-order chi connectivity index (χ1) is 21.5. The Bertz CT molecular complexity index is 1680. The van der Waals surface area contributed by atoms with Gasteiger partial charge in [-0.05, 0) is 80.4 Å². The summed E-state index contributed by atoms with van der Waals surface area (Å²) in [5.74, 6) is -0.916. The highest BCUT2D eigenvalue weighted by atomic mass is 32.2. The molecule has 0 aliphatic carbocycles. The summed E-state index contributed by atoms with van der Waals surface area (Å²) in [5.41, 5.74) is 2.53. The number of carbonyl (C=O) groups is 2. The summed E-state index contributed by atoms with van der Waals surface area (Å²) in [6.07, 6.45) is 0.180. The van der Waals surface area contributed by atoms with Crippen LogP contribution in [-0.2, 0) is 32.6 Å². The number of aryl methyl sites for hydroxylation is 1. The van der Waals surface area contributed by atoms with E-state index in [1.165, 1.54) is 36.3 Å². The number of rotatable bonds is 13. The summed E-state index contributed by atoms with van der Waals surface area (Å²) < 4.78 is 48.3.